The van der Waals surface area contributed by atoms with Gasteiger partial charge in [-0.3, -0.25) is 4.79 Å². The number of hydrogen-bond donors (Lipinski definition) is 0. The molecule has 1 saturated heterocycles. The molecule has 0 spiro atoms. The summed E-state index contributed by atoms with van der Waals surface area (Å²) in [6.07, 6.45) is 0. The number of aromatic nitrogens is 1. The second kappa shape index (κ2) is 5.50. The second-order valence-electron chi connectivity index (χ2n) is 4.31. The molecule has 1 aromatic heterocycles. The number of amides is 1. The van der Waals surface area contributed by atoms with E-state index in [2.05, 4.69) is 4.98 Å². The minimum atomic E-state index is 0.00160. The van der Waals surface area contributed by atoms with Crippen LogP contribution in [0.5, 0.6) is 0 Å². The van der Waals surface area contributed by atoms with Crippen LogP contribution in [0.2, 0.25) is 0 Å². The van der Waals surface area contributed by atoms with Gasteiger partial charge in [-0.1, -0.05) is 30.3 Å². The number of nitrogens with zero attached hydrogens (tertiary/aromatic N) is 2. The topological polar surface area (TPSA) is 42.4 Å². The lowest BCUT2D eigenvalue weighted by Gasteiger charge is -2.25. The van der Waals surface area contributed by atoms with E-state index >= 15 is 0 Å². The van der Waals surface area contributed by atoms with E-state index in [1.54, 1.807) is 4.90 Å². The summed E-state index contributed by atoms with van der Waals surface area (Å²) < 4.78 is 5.25. The minimum absolute atomic E-state index is 0.00160. The minimum Gasteiger partial charge on any atom is -0.378 e. The fourth-order valence-corrected chi connectivity index (χ4v) is 2.81. The van der Waals surface area contributed by atoms with Gasteiger partial charge in [-0.25, -0.2) is 4.98 Å². The van der Waals surface area contributed by atoms with Crippen molar-refractivity contribution in [1.29, 1.82) is 0 Å². The molecule has 0 unspecified atom stereocenters. The summed E-state index contributed by atoms with van der Waals surface area (Å²) in [4.78, 5) is 18.5. The van der Waals surface area contributed by atoms with Crippen LogP contribution in [0, 0.1) is 0 Å². The maximum Gasteiger partial charge on any atom is 0.273 e. The first-order valence-corrected chi connectivity index (χ1v) is 7.10. The normalized spacial score (nSPS) is 15.5. The first-order valence-electron chi connectivity index (χ1n) is 6.22. The third-order valence-electron chi connectivity index (χ3n) is 3.04. The number of morpholine rings is 1. The average Bonchev–Trinajstić information content (AvgIpc) is 2.98. The Morgan fingerprint density at radius 1 is 1.21 bits per heavy atom. The molecule has 0 N–H and O–H groups in total. The third-order valence-corrected chi connectivity index (χ3v) is 3.93. The molecule has 1 fully saturated rings. The molecule has 1 amide bonds. The van der Waals surface area contributed by atoms with Crippen molar-refractivity contribution in [2.75, 3.05) is 26.3 Å². The van der Waals surface area contributed by atoms with E-state index < -0.39 is 0 Å². The van der Waals surface area contributed by atoms with Gasteiger partial charge in [0.15, 0.2) is 0 Å². The summed E-state index contributed by atoms with van der Waals surface area (Å²) in [5.74, 6) is 0.00160. The molecular formula is C14H14N2O2S. The lowest BCUT2D eigenvalue weighted by molar-refractivity contribution is 0.0299. The van der Waals surface area contributed by atoms with Gasteiger partial charge in [-0.2, -0.15) is 0 Å². The largest absolute Gasteiger partial charge is 0.378 e. The van der Waals surface area contributed by atoms with Crippen LogP contribution in [0.4, 0.5) is 0 Å². The van der Waals surface area contributed by atoms with Gasteiger partial charge in [-0.05, 0) is 0 Å². The fourth-order valence-electron chi connectivity index (χ4n) is 2.01. The van der Waals surface area contributed by atoms with Gasteiger partial charge in [0.05, 0.1) is 13.2 Å². The van der Waals surface area contributed by atoms with Gasteiger partial charge in [0.25, 0.3) is 5.91 Å². The lowest BCUT2D eigenvalue weighted by Crippen LogP contribution is -2.40. The zero-order valence-corrected chi connectivity index (χ0v) is 11.2. The Morgan fingerprint density at radius 3 is 2.68 bits per heavy atom. The van der Waals surface area contributed by atoms with Crippen molar-refractivity contribution < 1.29 is 9.53 Å². The maximum atomic E-state index is 12.3. The predicted molar refractivity (Wildman–Crippen MR) is 74.3 cm³/mol. The molecule has 0 atom stereocenters. The summed E-state index contributed by atoms with van der Waals surface area (Å²) in [7, 11) is 0. The van der Waals surface area contributed by atoms with Gasteiger partial charge < -0.3 is 9.64 Å². The SMILES string of the molecule is O=C(c1csc(-c2ccccc2)n1)N1CCOCC1. The second-order valence-corrected chi connectivity index (χ2v) is 5.17. The van der Waals surface area contributed by atoms with E-state index in [0.717, 1.165) is 10.6 Å². The van der Waals surface area contributed by atoms with Crippen molar-refractivity contribution in [3.05, 3.63) is 41.4 Å². The Bertz CT molecular complexity index is 562. The number of rotatable bonds is 2. The summed E-state index contributed by atoms with van der Waals surface area (Å²) >= 11 is 1.51. The van der Waals surface area contributed by atoms with Crippen molar-refractivity contribution >= 4 is 17.2 Å². The highest BCUT2D eigenvalue weighted by molar-refractivity contribution is 7.13. The molecule has 0 bridgehead atoms. The van der Waals surface area contributed by atoms with Crippen molar-refractivity contribution in [3.63, 3.8) is 0 Å². The number of carbonyl (C=O) groups is 1. The van der Waals surface area contributed by atoms with Crippen LogP contribution in [0.25, 0.3) is 10.6 Å². The van der Waals surface area contributed by atoms with Crippen molar-refractivity contribution in [2.45, 2.75) is 0 Å². The Kier molecular flexibility index (Phi) is 3.57. The molecule has 19 heavy (non-hydrogen) atoms. The molecule has 0 saturated carbocycles. The first-order chi connectivity index (χ1) is 9.34. The van der Waals surface area contributed by atoms with Crippen molar-refractivity contribution in [3.8, 4) is 10.6 Å². The summed E-state index contributed by atoms with van der Waals surface area (Å²) in [5.41, 5.74) is 1.58. The zero-order valence-electron chi connectivity index (χ0n) is 10.4. The fraction of sp³-hybridized carbons (Fsp3) is 0.286. The molecule has 1 aromatic carbocycles. The highest BCUT2D eigenvalue weighted by atomic mass is 32.1. The molecule has 3 rings (SSSR count). The molecule has 5 heteroatoms. The molecule has 98 valence electrons. The van der Waals surface area contributed by atoms with Gasteiger partial charge in [-0.15, -0.1) is 11.3 Å². The highest BCUT2D eigenvalue weighted by Crippen LogP contribution is 2.23. The van der Waals surface area contributed by atoms with Crippen LogP contribution in [-0.2, 0) is 4.74 Å². The maximum absolute atomic E-state index is 12.3. The van der Waals surface area contributed by atoms with Crippen molar-refractivity contribution in [1.82, 2.24) is 9.88 Å². The molecule has 2 aromatic rings. The van der Waals surface area contributed by atoms with Crippen LogP contribution in [-0.4, -0.2) is 42.1 Å². The number of thiazole rings is 1. The first kappa shape index (κ1) is 12.3. The van der Waals surface area contributed by atoms with Crippen LogP contribution in [0.3, 0.4) is 0 Å². The smallest absolute Gasteiger partial charge is 0.273 e. The van der Waals surface area contributed by atoms with Gasteiger partial charge in [0.1, 0.15) is 10.7 Å². The molecule has 4 nitrogen and oxygen atoms in total. The van der Waals surface area contributed by atoms with Crippen LogP contribution in [0.1, 0.15) is 10.5 Å². The van der Waals surface area contributed by atoms with E-state index in [-0.39, 0.29) is 5.91 Å². The standard InChI is InChI=1S/C14H14N2O2S/c17-14(16-6-8-18-9-7-16)12-10-19-13(15-12)11-4-2-1-3-5-11/h1-5,10H,6-9H2. The Morgan fingerprint density at radius 2 is 1.95 bits per heavy atom. The molecule has 0 radical (unpaired) electrons. The number of carbonyl (C=O) groups excluding carboxylic acids is 1. The molecule has 1 aliphatic heterocycles. The zero-order chi connectivity index (χ0) is 13.1. The average molecular weight is 274 g/mol. The monoisotopic (exact) mass is 274 g/mol. The van der Waals surface area contributed by atoms with Crippen LogP contribution >= 0.6 is 11.3 Å². The molecule has 1 aliphatic rings. The van der Waals surface area contributed by atoms with E-state index in [4.69, 9.17) is 4.74 Å². The van der Waals surface area contributed by atoms with Gasteiger partial charge in [0, 0.05) is 24.0 Å². The van der Waals surface area contributed by atoms with E-state index in [1.165, 1.54) is 11.3 Å². The van der Waals surface area contributed by atoms with E-state index in [0.29, 0.717) is 32.0 Å². The van der Waals surface area contributed by atoms with Gasteiger partial charge in [0.2, 0.25) is 0 Å². The van der Waals surface area contributed by atoms with Crippen LogP contribution in [0.15, 0.2) is 35.7 Å². The van der Waals surface area contributed by atoms with E-state index in [1.807, 2.05) is 35.7 Å². The van der Waals surface area contributed by atoms with Crippen molar-refractivity contribution in [2.24, 2.45) is 0 Å². The number of ether oxygens (including phenoxy) is 1. The quantitative estimate of drug-likeness (QED) is 0.843. The Labute approximate surface area is 115 Å². The Balaban J connectivity index is 1.79. The Hall–Kier alpha value is -1.72. The number of hydrogen-bond acceptors (Lipinski definition) is 4. The summed E-state index contributed by atoms with van der Waals surface area (Å²) in [6, 6.07) is 9.92. The molecular weight excluding hydrogens is 260 g/mol. The predicted octanol–water partition coefficient (Wildman–Crippen LogP) is 2.28. The highest BCUT2D eigenvalue weighted by Gasteiger charge is 2.20. The van der Waals surface area contributed by atoms with Crippen LogP contribution < -0.4 is 0 Å². The summed E-state index contributed by atoms with van der Waals surface area (Å²) in [5, 5.41) is 2.72. The van der Waals surface area contributed by atoms with E-state index in [9.17, 15) is 4.79 Å². The molecule has 0 aliphatic carbocycles. The third kappa shape index (κ3) is 2.67. The summed E-state index contributed by atoms with van der Waals surface area (Å²) in [6.45, 7) is 2.52. The molecule has 2 heterocycles. The lowest BCUT2D eigenvalue weighted by atomic mass is 10.2. The van der Waals surface area contributed by atoms with Gasteiger partial charge >= 0.3 is 0 Å². The number of benzene rings is 1.